The summed E-state index contributed by atoms with van der Waals surface area (Å²) in [6.07, 6.45) is 1.99. The molecular formula is C55H43N3. The molecule has 10 rings (SSSR count). The van der Waals surface area contributed by atoms with Gasteiger partial charge in [-0.2, -0.15) is 0 Å². The van der Waals surface area contributed by atoms with Crippen molar-refractivity contribution in [3.63, 3.8) is 0 Å². The Bertz CT molecular complexity index is 3020. The fraction of sp³-hybridized carbons (Fsp3) is 0.0727. The first-order chi connectivity index (χ1) is 28.4. The molecule has 9 aromatic rings. The van der Waals surface area contributed by atoms with Crippen LogP contribution in [-0.2, 0) is 12.0 Å². The van der Waals surface area contributed by atoms with Gasteiger partial charge < -0.3 is 10.3 Å². The number of hydrogen-bond donors (Lipinski definition) is 1. The molecule has 1 aliphatic rings. The SMILES string of the molecule is CC1(C)c2ccccc2-c2ccc(-c3ccc(-c4ccc5c(c4)c4ccccc4n5-c4ccc(C(/C=C(\N)c5ccccc5)=NCc5ccccc5)cc4)cc3)cc21. The fourth-order valence-corrected chi connectivity index (χ4v) is 8.79. The highest BCUT2D eigenvalue weighted by atomic mass is 15.0. The smallest absolute Gasteiger partial charge is 0.0671 e. The Labute approximate surface area is 340 Å². The average Bonchev–Trinajstić information content (AvgIpc) is 3.73. The van der Waals surface area contributed by atoms with Gasteiger partial charge in [0.2, 0.25) is 0 Å². The highest BCUT2D eigenvalue weighted by Gasteiger charge is 2.35. The van der Waals surface area contributed by atoms with Crippen LogP contribution in [0.2, 0.25) is 0 Å². The molecule has 1 aromatic heterocycles. The first kappa shape index (κ1) is 35.2. The van der Waals surface area contributed by atoms with E-state index in [4.69, 9.17) is 10.7 Å². The van der Waals surface area contributed by atoms with Gasteiger partial charge in [0.05, 0.1) is 23.3 Å². The molecule has 278 valence electrons. The Morgan fingerprint density at radius 1 is 0.517 bits per heavy atom. The van der Waals surface area contributed by atoms with E-state index >= 15 is 0 Å². The summed E-state index contributed by atoms with van der Waals surface area (Å²) in [5.74, 6) is 0. The van der Waals surface area contributed by atoms with Gasteiger partial charge in [0.25, 0.3) is 0 Å². The molecule has 1 aliphatic carbocycles. The fourth-order valence-electron chi connectivity index (χ4n) is 8.79. The lowest BCUT2D eigenvalue weighted by Gasteiger charge is -2.22. The third kappa shape index (κ3) is 6.22. The van der Waals surface area contributed by atoms with Gasteiger partial charge in [0.15, 0.2) is 0 Å². The Balaban J connectivity index is 0.975. The van der Waals surface area contributed by atoms with Crippen LogP contribution in [0.1, 0.15) is 41.7 Å². The van der Waals surface area contributed by atoms with Crippen molar-refractivity contribution < 1.29 is 0 Å². The number of nitrogens with two attached hydrogens (primary N) is 1. The van der Waals surface area contributed by atoms with Gasteiger partial charge in [-0.25, -0.2) is 0 Å². The second-order valence-corrected chi connectivity index (χ2v) is 15.8. The van der Waals surface area contributed by atoms with E-state index in [1.165, 1.54) is 66.3 Å². The molecule has 0 atom stereocenters. The quantitative estimate of drug-likeness (QED) is 0.155. The number of nitrogens with zero attached hydrogens (tertiary/aromatic N) is 2. The van der Waals surface area contributed by atoms with Gasteiger partial charge in [-0.1, -0.05) is 172 Å². The van der Waals surface area contributed by atoms with Crippen LogP contribution in [0.15, 0.2) is 205 Å². The van der Waals surface area contributed by atoms with Gasteiger partial charge in [-0.3, -0.25) is 4.99 Å². The van der Waals surface area contributed by atoms with E-state index in [1.54, 1.807) is 0 Å². The van der Waals surface area contributed by atoms with Crippen molar-refractivity contribution in [1.82, 2.24) is 4.57 Å². The van der Waals surface area contributed by atoms with Gasteiger partial charge in [-0.05, 0) is 104 Å². The number of para-hydroxylation sites is 1. The van der Waals surface area contributed by atoms with Crippen molar-refractivity contribution in [2.24, 2.45) is 10.7 Å². The summed E-state index contributed by atoms with van der Waals surface area (Å²) in [5.41, 5.74) is 25.1. The zero-order chi connectivity index (χ0) is 39.2. The monoisotopic (exact) mass is 745 g/mol. The molecule has 0 fully saturated rings. The number of hydrogen-bond acceptors (Lipinski definition) is 2. The number of allylic oxidation sites excluding steroid dienone is 1. The Hall–Kier alpha value is -7.23. The molecule has 0 saturated heterocycles. The van der Waals surface area contributed by atoms with Crippen LogP contribution in [0.4, 0.5) is 0 Å². The minimum atomic E-state index is -0.0212. The van der Waals surface area contributed by atoms with Crippen molar-refractivity contribution in [3.8, 4) is 39.1 Å². The number of fused-ring (bicyclic) bond motifs is 6. The van der Waals surface area contributed by atoms with Gasteiger partial charge in [-0.15, -0.1) is 0 Å². The summed E-state index contributed by atoms with van der Waals surface area (Å²) < 4.78 is 2.36. The molecule has 3 nitrogen and oxygen atoms in total. The molecule has 0 radical (unpaired) electrons. The van der Waals surface area contributed by atoms with Crippen LogP contribution in [-0.4, -0.2) is 10.3 Å². The highest BCUT2D eigenvalue weighted by Crippen LogP contribution is 2.49. The lowest BCUT2D eigenvalue weighted by molar-refractivity contribution is 0.660. The molecule has 1 heterocycles. The summed E-state index contributed by atoms with van der Waals surface area (Å²) in [6, 6.07) is 69.5. The van der Waals surface area contributed by atoms with E-state index in [2.05, 4.69) is 164 Å². The van der Waals surface area contributed by atoms with E-state index in [9.17, 15) is 0 Å². The molecule has 0 unspecified atom stereocenters. The predicted octanol–water partition coefficient (Wildman–Crippen LogP) is 13.4. The van der Waals surface area contributed by atoms with Gasteiger partial charge in [0.1, 0.15) is 0 Å². The molecule has 8 aromatic carbocycles. The van der Waals surface area contributed by atoms with Gasteiger partial charge >= 0.3 is 0 Å². The van der Waals surface area contributed by atoms with E-state index in [0.717, 1.165) is 28.1 Å². The lowest BCUT2D eigenvalue weighted by Crippen LogP contribution is -2.14. The maximum Gasteiger partial charge on any atom is 0.0671 e. The maximum absolute atomic E-state index is 6.64. The second-order valence-electron chi connectivity index (χ2n) is 15.8. The van der Waals surface area contributed by atoms with Crippen molar-refractivity contribution in [2.75, 3.05) is 0 Å². The largest absolute Gasteiger partial charge is 0.398 e. The Morgan fingerprint density at radius 3 is 1.86 bits per heavy atom. The summed E-state index contributed by atoms with van der Waals surface area (Å²) >= 11 is 0. The Kier molecular flexibility index (Phi) is 8.72. The zero-order valence-electron chi connectivity index (χ0n) is 32.7. The third-order valence-electron chi connectivity index (χ3n) is 11.9. The third-order valence-corrected chi connectivity index (χ3v) is 11.9. The number of rotatable bonds is 8. The average molecular weight is 746 g/mol. The van der Waals surface area contributed by atoms with E-state index in [0.29, 0.717) is 12.2 Å². The van der Waals surface area contributed by atoms with Crippen LogP contribution in [0.25, 0.3) is 66.6 Å². The van der Waals surface area contributed by atoms with Gasteiger partial charge in [0, 0.05) is 27.6 Å². The minimum absolute atomic E-state index is 0.0212. The van der Waals surface area contributed by atoms with Crippen LogP contribution in [0.3, 0.4) is 0 Å². The van der Waals surface area contributed by atoms with E-state index in [-0.39, 0.29) is 5.41 Å². The van der Waals surface area contributed by atoms with Crippen LogP contribution in [0.5, 0.6) is 0 Å². The second kappa shape index (κ2) is 14.4. The number of benzene rings is 8. The normalized spacial score (nSPS) is 13.5. The lowest BCUT2D eigenvalue weighted by atomic mass is 9.81. The molecular weight excluding hydrogens is 703 g/mol. The summed E-state index contributed by atoms with van der Waals surface area (Å²) in [7, 11) is 0. The Morgan fingerprint density at radius 2 is 1.10 bits per heavy atom. The molecule has 2 N–H and O–H groups in total. The molecule has 0 bridgehead atoms. The van der Waals surface area contributed by atoms with Crippen molar-refractivity contribution >= 4 is 33.2 Å². The van der Waals surface area contributed by atoms with Crippen molar-refractivity contribution in [2.45, 2.75) is 25.8 Å². The summed E-state index contributed by atoms with van der Waals surface area (Å²) in [5, 5.41) is 2.45. The van der Waals surface area contributed by atoms with Crippen molar-refractivity contribution in [3.05, 3.63) is 228 Å². The van der Waals surface area contributed by atoms with Crippen LogP contribution in [0, 0.1) is 0 Å². The molecule has 0 aliphatic heterocycles. The van der Waals surface area contributed by atoms with E-state index < -0.39 is 0 Å². The molecule has 58 heavy (non-hydrogen) atoms. The van der Waals surface area contributed by atoms with Crippen molar-refractivity contribution in [1.29, 1.82) is 0 Å². The summed E-state index contributed by atoms with van der Waals surface area (Å²) in [6.45, 7) is 5.25. The first-order valence-corrected chi connectivity index (χ1v) is 20.0. The zero-order valence-corrected chi connectivity index (χ0v) is 32.7. The standard InChI is InChI=1S/C55H43N3/c1-55(2)49-19-11-9-17-45(49)46-31-27-43(34-50(46)55)39-23-21-38(22-24-39)42-28-32-54-48(33-42)47-18-10-12-20-53(47)58(54)44-29-25-41(26-30-44)52(57-36-37-13-5-3-6-14-37)35-51(56)40-15-7-4-8-16-40/h3-35H,36,56H2,1-2H3/b51-35-,57-52?. The highest BCUT2D eigenvalue weighted by molar-refractivity contribution is 6.13. The molecule has 0 amide bonds. The first-order valence-electron chi connectivity index (χ1n) is 20.0. The summed E-state index contributed by atoms with van der Waals surface area (Å²) in [4.78, 5) is 5.06. The maximum atomic E-state index is 6.64. The number of aromatic nitrogens is 1. The number of aliphatic imine (C=N–C) groups is 1. The van der Waals surface area contributed by atoms with Crippen LogP contribution < -0.4 is 5.73 Å². The predicted molar refractivity (Wildman–Crippen MR) is 245 cm³/mol. The van der Waals surface area contributed by atoms with Crippen LogP contribution >= 0.6 is 0 Å². The minimum Gasteiger partial charge on any atom is -0.398 e. The molecule has 0 spiro atoms. The molecule has 3 heteroatoms. The topological polar surface area (TPSA) is 43.3 Å². The van der Waals surface area contributed by atoms with E-state index in [1.807, 2.05) is 54.6 Å². The molecule has 0 saturated carbocycles.